The zero-order chi connectivity index (χ0) is 25.0. The molecule has 1 fully saturated rings. The molecule has 6 nitrogen and oxygen atoms in total. The smallest absolute Gasteiger partial charge is 0.404 e. The molecule has 3 rings (SSSR count). The molecule has 182 valence electrons. The van der Waals surface area contributed by atoms with Gasteiger partial charge in [0.1, 0.15) is 17.7 Å². The topological polar surface area (TPSA) is 86.7 Å². The zero-order valence-electron chi connectivity index (χ0n) is 19.6. The fraction of sp³-hybridized carbons (Fsp3) is 0.423. The van der Waals surface area contributed by atoms with E-state index in [0.29, 0.717) is 18.4 Å². The molecule has 3 atom stereocenters. The molecule has 0 saturated carbocycles. The molecule has 2 aromatic carbocycles. The Morgan fingerprint density at radius 1 is 1.18 bits per heavy atom. The van der Waals surface area contributed by atoms with E-state index in [0.717, 1.165) is 18.2 Å². The van der Waals surface area contributed by atoms with Crippen molar-refractivity contribution in [3.63, 3.8) is 0 Å². The lowest BCUT2D eigenvalue weighted by atomic mass is 9.75. The molecule has 0 aliphatic carbocycles. The predicted molar refractivity (Wildman–Crippen MR) is 123 cm³/mol. The van der Waals surface area contributed by atoms with Crippen molar-refractivity contribution in [1.82, 2.24) is 10.2 Å². The molecule has 1 aliphatic rings. The Morgan fingerprint density at radius 3 is 2.47 bits per heavy atom. The first-order valence-electron chi connectivity index (χ1n) is 11.4. The van der Waals surface area contributed by atoms with Crippen LogP contribution in [0.2, 0.25) is 0 Å². The first kappa shape index (κ1) is 25.3. The summed E-state index contributed by atoms with van der Waals surface area (Å²) in [7, 11) is 0. The van der Waals surface area contributed by atoms with Crippen molar-refractivity contribution >= 4 is 17.8 Å². The predicted octanol–water partition coefficient (Wildman–Crippen LogP) is 4.91. The second-order valence-corrected chi connectivity index (χ2v) is 9.41. The number of carbonyl (C=O) groups is 3. The van der Waals surface area contributed by atoms with E-state index in [2.05, 4.69) is 5.32 Å². The summed E-state index contributed by atoms with van der Waals surface area (Å²) in [6.45, 7) is 5.51. The molecule has 34 heavy (non-hydrogen) atoms. The van der Waals surface area contributed by atoms with Crippen LogP contribution in [0.5, 0.6) is 0 Å². The number of Topliss-reactive ketones (excluding diaryl/α,β-unsaturated/α-hetero) is 1. The average molecular weight is 473 g/mol. The maximum absolute atomic E-state index is 14.6. The molecule has 2 aromatic rings. The van der Waals surface area contributed by atoms with Gasteiger partial charge in [0.25, 0.3) is 0 Å². The van der Waals surface area contributed by atoms with Gasteiger partial charge in [0.15, 0.2) is 5.78 Å². The maximum Gasteiger partial charge on any atom is 0.404 e. The summed E-state index contributed by atoms with van der Waals surface area (Å²) >= 11 is 0. The molecule has 0 aromatic heterocycles. The molecular formula is C26H30F2N2O4. The molecule has 1 saturated heterocycles. The standard InChI is InChI=1S/C26H30F2N2O4/c1-4-8-20(26(2,3)15-29-25(33)34)24(32)30-14-19(18-13-17(27)11-12-21(18)28)23(31)22(30)16-9-6-5-7-10-16/h5-7,9-13,19-20,22,29H,4,8,14-15H2,1-3H3,(H,33,34)/t19?,20?,22-/m0/s1. The van der Waals surface area contributed by atoms with Crippen LogP contribution in [-0.2, 0) is 9.59 Å². The number of nitrogens with one attached hydrogen (secondary N) is 1. The number of hydrogen-bond acceptors (Lipinski definition) is 3. The molecular weight excluding hydrogens is 442 g/mol. The third-order valence-electron chi connectivity index (χ3n) is 6.55. The number of hydrogen-bond donors (Lipinski definition) is 2. The van der Waals surface area contributed by atoms with Crippen LogP contribution in [0.15, 0.2) is 48.5 Å². The van der Waals surface area contributed by atoms with E-state index in [1.165, 1.54) is 4.90 Å². The van der Waals surface area contributed by atoms with Crippen LogP contribution in [0.3, 0.4) is 0 Å². The van der Waals surface area contributed by atoms with Gasteiger partial charge in [-0.1, -0.05) is 57.5 Å². The number of nitrogens with zero attached hydrogens (tertiary/aromatic N) is 1. The third-order valence-corrected chi connectivity index (χ3v) is 6.55. The quantitative estimate of drug-likeness (QED) is 0.572. The van der Waals surface area contributed by atoms with Crippen molar-refractivity contribution in [2.24, 2.45) is 11.3 Å². The van der Waals surface area contributed by atoms with E-state index in [1.54, 1.807) is 44.2 Å². The minimum absolute atomic E-state index is 0.0541. The molecule has 8 heteroatoms. The number of ketones is 1. The lowest BCUT2D eigenvalue weighted by molar-refractivity contribution is -0.142. The summed E-state index contributed by atoms with van der Waals surface area (Å²) in [6, 6.07) is 10.8. The van der Waals surface area contributed by atoms with Crippen molar-refractivity contribution in [2.45, 2.75) is 45.6 Å². The Balaban J connectivity index is 2.03. The lowest BCUT2D eigenvalue weighted by Crippen LogP contribution is -2.47. The normalized spacial score (nSPS) is 19.2. The molecule has 2 N–H and O–H groups in total. The minimum Gasteiger partial charge on any atom is -0.465 e. The van der Waals surface area contributed by atoms with Gasteiger partial charge < -0.3 is 15.3 Å². The van der Waals surface area contributed by atoms with Crippen LogP contribution in [0.1, 0.15) is 56.7 Å². The number of benzene rings is 2. The zero-order valence-corrected chi connectivity index (χ0v) is 19.6. The van der Waals surface area contributed by atoms with E-state index < -0.39 is 41.0 Å². The van der Waals surface area contributed by atoms with Crippen LogP contribution in [0, 0.1) is 23.0 Å². The Hall–Kier alpha value is -3.29. The highest BCUT2D eigenvalue weighted by atomic mass is 19.1. The highest BCUT2D eigenvalue weighted by Crippen LogP contribution is 2.42. The number of halogens is 2. The van der Waals surface area contributed by atoms with Gasteiger partial charge in [-0.3, -0.25) is 9.59 Å². The number of carbonyl (C=O) groups excluding carboxylic acids is 2. The van der Waals surface area contributed by atoms with Gasteiger partial charge in [-0.15, -0.1) is 0 Å². The Kier molecular flexibility index (Phi) is 7.69. The summed E-state index contributed by atoms with van der Waals surface area (Å²) in [5.41, 5.74) is -0.213. The summed E-state index contributed by atoms with van der Waals surface area (Å²) < 4.78 is 28.5. The van der Waals surface area contributed by atoms with E-state index in [-0.39, 0.29) is 30.3 Å². The Morgan fingerprint density at radius 2 is 1.85 bits per heavy atom. The molecule has 0 bridgehead atoms. The fourth-order valence-electron chi connectivity index (χ4n) is 4.73. The second kappa shape index (κ2) is 10.3. The van der Waals surface area contributed by atoms with Crippen LogP contribution < -0.4 is 5.32 Å². The third kappa shape index (κ3) is 5.26. The molecule has 2 amide bonds. The summed E-state index contributed by atoms with van der Waals surface area (Å²) in [6.07, 6.45) is -0.0266. The van der Waals surface area contributed by atoms with Crippen molar-refractivity contribution in [1.29, 1.82) is 0 Å². The van der Waals surface area contributed by atoms with Crippen molar-refractivity contribution in [3.05, 3.63) is 71.3 Å². The van der Waals surface area contributed by atoms with Crippen LogP contribution in [0.4, 0.5) is 13.6 Å². The van der Waals surface area contributed by atoms with Crippen LogP contribution in [-0.4, -0.2) is 40.9 Å². The molecule has 0 radical (unpaired) electrons. The molecule has 1 aliphatic heterocycles. The van der Waals surface area contributed by atoms with Crippen molar-refractivity contribution in [2.75, 3.05) is 13.1 Å². The monoisotopic (exact) mass is 472 g/mol. The largest absolute Gasteiger partial charge is 0.465 e. The summed E-state index contributed by atoms with van der Waals surface area (Å²) in [4.78, 5) is 40.0. The van der Waals surface area contributed by atoms with Gasteiger partial charge in [0.2, 0.25) is 5.91 Å². The molecule has 2 unspecified atom stereocenters. The van der Waals surface area contributed by atoms with Crippen LogP contribution >= 0.6 is 0 Å². The highest BCUT2D eigenvalue weighted by Gasteiger charge is 2.48. The summed E-state index contributed by atoms with van der Waals surface area (Å²) in [5, 5.41) is 11.4. The van der Waals surface area contributed by atoms with Gasteiger partial charge in [0, 0.05) is 24.6 Å². The molecule has 1 heterocycles. The van der Waals surface area contributed by atoms with Gasteiger partial charge in [-0.25, -0.2) is 13.6 Å². The van der Waals surface area contributed by atoms with Crippen LogP contribution in [0.25, 0.3) is 0 Å². The Labute approximate surface area is 198 Å². The fourth-order valence-corrected chi connectivity index (χ4v) is 4.73. The Bertz CT molecular complexity index is 1060. The van der Waals surface area contributed by atoms with E-state index in [4.69, 9.17) is 5.11 Å². The first-order chi connectivity index (χ1) is 16.1. The van der Waals surface area contributed by atoms with Gasteiger partial charge in [-0.2, -0.15) is 0 Å². The SMILES string of the molecule is CCCC(C(=O)N1CC(c2cc(F)ccc2F)C(=O)[C@@H]1c1ccccc1)C(C)(C)CNC(=O)O. The van der Waals surface area contributed by atoms with Crippen molar-refractivity contribution in [3.8, 4) is 0 Å². The first-order valence-corrected chi connectivity index (χ1v) is 11.4. The number of rotatable bonds is 8. The maximum atomic E-state index is 14.6. The lowest BCUT2D eigenvalue weighted by Gasteiger charge is -2.37. The van der Waals surface area contributed by atoms with E-state index >= 15 is 0 Å². The van der Waals surface area contributed by atoms with Gasteiger partial charge in [0.05, 0.1) is 5.92 Å². The second-order valence-electron chi connectivity index (χ2n) is 9.41. The van der Waals surface area contributed by atoms with E-state index in [9.17, 15) is 23.2 Å². The van der Waals surface area contributed by atoms with E-state index in [1.807, 2.05) is 6.92 Å². The summed E-state index contributed by atoms with van der Waals surface area (Å²) in [5.74, 6) is -3.62. The number of amides is 2. The highest BCUT2D eigenvalue weighted by molar-refractivity contribution is 5.98. The minimum atomic E-state index is -1.18. The number of carboxylic acid groups (broad SMARTS) is 1. The van der Waals surface area contributed by atoms with Gasteiger partial charge in [-0.05, 0) is 35.6 Å². The average Bonchev–Trinajstić information content (AvgIpc) is 3.14. The number of likely N-dealkylation sites (tertiary alicyclic amines) is 1. The molecule has 0 spiro atoms. The van der Waals surface area contributed by atoms with Gasteiger partial charge >= 0.3 is 6.09 Å². The van der Waals surface area contributed by atoms with Crippen molar-refractivity contribution < 1.29 is 28.3 Å².